The Morgan fingerprint density at radius 3 is 2.65 bits per heavy atom. The molecule has 3 aliphatic rings. The zero-order valence-corrected chi connectivity index (χ0v) is 22.2. The average molecular weight is 504 g/mol. The Morgan fingerprint density at radius 2 is 1.91 bits per heavy atom. The van der Waals surface area contributed by atoms with Gasteiger partial charge in [-0.1, -0.05) is 43.6 Å². The molecule has 3 fully saturated rings. The molecule has 2 saturated heterocycles. The van der Waals surface area contributed by atoms with E-state index in [2.05, 4.69) is 24.1 Å². The van der Waals surface area contributed by atoms with Crippen molar-refractivity contribution >= 4 is 41.3 Å². The number of fused-ring (bicyclic) bond motifs is 1. The van der Waals surface area contributed by atoms with Gasteiger partial charge in [0.1, 0.15) is 0 Å². The van der Waals surface area contributed by atoms with E-state index in [9.17, 15) is 9.59 Å². The van der Waals surface area contributed by atoms with Crippen LogP contribution in [0.5, 0.6) is 0 Å². The number of rotatable bonds is 6. The molecule has 4 rings (SSSR count). The van der Waals surface area contributed by atoms with Crippen LogP contribution in [0.3, 0.4) is 0 Å². The van der Waals surface area contributed by atoms with Crippen LogP contribution in [0.1, 0.15) is 51.5 Å². The zero-order valence-electron chi connectivity index (χ0n) is 20.6. The van der Waals surface area contributed by atoms with E-state index in [1.807, 2.05) is 42.3 Å². The number of benzene rings is 1. The molecule has 1 saturated carbocycles. The topological polar surface area (TPSA) is 52.7 Å². The highest BCUT2D eigenvalue weighted by atomic mass is 35.5. The molecule has 0 aromatic heterocycles. The quantitative estimate of drug-likeness (QED) is 0.442. The average Bonchev–Trinajstić information content (AvgIpc) is 2.80. The molecule has 34 heavy (non-hydrogen) atoms. The summed E-state index contributed by atoms with van der Waals surface area (Å²) in [7, 11) is 1.88. The first kappa shape index (κ1) is 25.6. The SMILES string of the molecule is CC1CC(C)CN(CCCNC(=O)C2CCC3S/C(=C\c4ccccc4Cl)C(=O)N(C)C3C2)C1. The molecule has 0 bridgehead atoms. The molecule has 7 heteroatoms. The van der Waals surface area contributed by atoms with Crippen LogP contribution in [0.15, 0.2) is 29.2 Å². The molecule has 0 radical (unpaired) electrons. The smallest absolute Gasteiger partial charge is 0.260 e. The van der Waals surface area contributed by atoms with Gasteiger partial charge in [-0.3, -0.25) is 9.59 Å². The number of piperidine rings is 1. The van der Waals surface area contributed by atoms with Crippen LogP contribution in [0.25, 0.3) is 6.08 Å². The maximum Gasteiger partial charge on any atom is 0.260 e. The summed E-state index contributed by atoms with van der Waals surface area (Å²) < 4.78 is 0. The van der Waals surface area contributed by atoms with Gasteiger partial charge >= 0.3 is 0 Å². The minimum absolute atomic E-state index is 0.0128. The molecule has 5 atom stereocenters. The second-order valence-electron chi connectivity index (χ2n) is 10.5. The third-order valence-electron chi connectivity index (χ3n) is 7.52. The third-order valence-corrected chi connectivity index (χ3v) is 9.26. The van der Waals surface area contributed by atoms with Crippen LogP contribution in [-0.4, -0.2) is 66.1 Å². The Labute approximate surface area is 213 Å². The highest BCUT2D eigenvalue weighted by Crippen LogP contribution is 2.43. The number of nitrogens with one attached hydrogen (secondary N) is 1. The summed E-state index contributed by atoms with van der Waals surface area (Å²) in [6.45, 7) is 8.81. The molecule has 1 aromatic rings. The lowest BCUT2D eigenvalue weighted by atomic mass is 9.83. The summed E-state index contributed by atoms with van der Waals surface area (Å²) in [6, 6.07) is 7.70. The maximum atomic E-state index is 13.1. The van der Waals surface area contributed by atoms with Crippen molar-refractivity contribution in [3.8, 4) is 0 Å². The van der Waals surface area contributed by atoms with Gasteiger partial charge in [-0.2, -0.15) is 0 Å². The summed E-state index contributed by atoms with van der Waals surface area (Å²) in [5.74, 6) is 1.70. The van der Waals surface area contributed by atoms with Gasteiger partial charge in [-0.25, -0.2) is 0 Å². The molecule has 1 N–H and O–H groups in total. The van der Waals surface area contributed by atoms with Crippen molar-refractivity contribution in [3.63, 3.8) is 0 Å². The fourth-order valence-corrected chi connectivity index (χ4v) is 7.56. The molecule has 186 valence electrons. The molecule has 5 nitrogen and oxygen atoms in total. The van der Waals surface area contributed by atoms with Crippen molar-refractivity contribution in [2.24, 2.45) is 17.8 Å². The molecular formula is C27H38ClN3O2S. The molecule has 5 unspecified atom stereocenters. The van der Waals surface area contributed by atoms with E-state index in [-0.39, 0.29) is 23.8 Å². The zero-order chi connectivity index (χ0) is 24.2. The number of carbonyl (C=O) groups excluding carboxylic acids is 2. The van der Waals surface area contributed by atoms with Crippen LogP contribution in [0.4, 0.5) is 0 Å². The number of thioether (sulfide) groups is 1. The van der Waals surface area contributed by atoms with Gasteiger partial charge in [0.05, 0.1) is 4.91 Å². The number of hydrogen-bond acceptors (Lipinski definition) is 4. The Kier molecular flexibility index (Phi) is 8.65. The second kappa shape index (κ2) is 11.5. The van der Waals surface area contributed by atoms with Crippen molar-refractivity contribution in [2.75, 3.05) is 33.2 Å². The molecule has 0 spiro atoms. The first-order valence-corrected chi connectivity index (χ1v) is 14.0. The Morgan fingerprint density at radius 1 is 1.18 bits per heavy atom. The summed E-state index contributed by atoms with van der Waals surface area (Å²) in [5, 5.41) is 4.16. The van der Waals surface area contributed by atoms with Gasteiger partial charge < -0.3 is 15.1 Å². The van der Waals surface area contributed by atoms with E-state index in [0.29, 0.717) is 10.3 Å². The summed E-state index contributed by atoms with van der Waals surface area (Å²) in [4.78, 5) is 31.1. The minimum atomic E-state index is -0.0128. The summed E-state index contributed by atoms with van der Waals surface area (Å²) in [6.07, 6.45) is 6.78. The number of likely N-dealkylation sites (tertiary alicyclic amines) is 1. The number of nitrogens with zero attached hydrogens (tertiary/aromatic N) is 2. The second-order valence-corrected chi connectivity index (χ2v) is 12.2. The van der Waals surface area contributed by atoms with Gasteiger partial charge in [0.25, 0.3) is 5.91 Å². The van der Waals surface area contributed by atoms with E-state index in [0.717, 1.165) is 61.1 Å². The number of carbonyl (C=O) groups is 2. The first-order chi connectivity index (χ1) is 16.3. The number of halogens is 1. The lowest BCUT2D eigenvalue weighted by Crippen LogP contribution is -2.52. The summed E-state index contributed by atoms with van der Waals surface area (Å²) in [5.41, 5.74) is 0.869. The van der Waals surface area contributed by atoms with Crippen molar-refractivity contribution in [2.45, 2.75) is 57.2 Å². The fraction of sp³-hybridized carbons (Fsp3) is 0.630. The molecular weight excluding hydrogens is 466 g/mol. The fourth-order valence-electron chi connectivity index (χ4n) is 5.90. The lowest BCUT2D eigenvalue weighted by Gasteiger charge is -2.44. The van der Waals surface area contributed by atoms with Gasteiger partial charge in [-0.05, 0) is 68.2 Å². The Balaban J connectivity index is 1.27. The first-order valence-electron chi connectivity index (χ1n) is 12.7. The predicted molar refractivity (Wildman–Crippen MR) is 142 cm³/mol. The molecule has 2 amide bonds. The lowest BCUT2D eigenvalue weighted by molar-refractivity contribution is -0.131. The Hall–Kier alpha value is -1.50. The minimum Gasteiger partial charge on any atom is -0.356 e. The highest BCUT2D eigenvalue weighted by molar-refractivity contribution is 8.04. The van der Waals surface area contributed by atoms with E-state index in [1.54, 1.807) is 11.8 Å². The van der Waals surface area contributed by atoms with Crippen LogP contribution >= 0.6 is 23.4 Å². The van der Waals surface area contributed by atoms with Crippen molar-refractivity contribution in [3.05, 3.63) is 39.8 Å². The third kappa shape index (κ3) is 6.19. The monoisotopic (exact) mass is 503 g/mol. The molecule has 2 heterocycles. The maximum absolute atomic E-state index is 13.1. The van der Waals surface area contributed by atoms with Crippen LogP contribution in [0.2, 0.25) is 5.02 Å². The van der Waals surface area contributed by atoms with Crippen molar-refractivity contribution < 1.29 is 9.59 Å². The van der Waals surface area contributed by atoms with Crippen molar-refractivity contribution in [1.29, 1.82) is 0 Å². The van der Waals surface area contributed by atoms with Gasteiger partial charge in [0.15, 0.2) is 0 Å². The molecule has 2 aliphatic heterocycles. The van der Waals surface area contributed by atoms with E-state index in [4.69, 9.17) is 11.6 Å². The van der Waals surface area contributed by atoms with Crippen LogP contribution < -0.4 is 5.32 Å². The standard InChI is InChI=1S/C27H38ClN3O2S/c1-18-13-19(2)17-31(16-18)12-6-11-29-26(32)21-9-10-24-23(14-21)30(3)27(33)25(34-24)15-20-7-4-5-8-22(20)28/h4-5,7-8,15,18-19,21,23-24H,6,9-14,16-17H2,1-3H3,(H,29,32)/b25-15-. The number of hydrogen-bond donors (Lipinski definition) is 1. The largest absolute Gasteiger partial charge is 0.356 e. The number of amides is 2. The molecule has 1 aromatic carbocycles. The van der Waals surface area contributed by atoms with E-state index >= 15 is 0 Å². The van der Waals surface area contributed by atoms with Gasteiger partial charge in [-0.15, -0.1) is 11.8 Å². The van der Waals surface area contributed by atoms with Gasteiger partial charge in [0, 0.05) is 48.9 Å². The van der Waals surface area contributed by atoms with Crippen LogP contribution in [-0.2, 0) is 9.59 Å². The predicted octanol–water partition coefficient (Wildman–Crippen LogP) is 4.91. The normalized spacial score (nSPS) is 31.4. The summed E-state index contributed by atoms with van der Waals surface area (Å²) >= 11 is 7.96. The van der Waals surface area contributed by atoms with E-state index in [1.165, 1.54) is 19.5 Å². The number of likely N-dealkylation sites (N-methyl/N-ethyl adjacent to an activating group) is 1. The molecule has 1 aliphatic carbocycles. The highest BCUT2D eigenvalue weighted by Gasteiger charge is 2.42. The van der Waals surface area contributed by atoms with Crippen molar-refractivity contribution in [1.82, 2.24) is 15.1 Å². The van der Waals surface area contributed by atoms with Crippen LogP contribution in [0, 0.1) is 17.8 Å². The van der Waals surface area contributed by atoms with Gasteiger partial charge in [0.2, 0.25) is 5.91 Å². The Bertz CT molecular complexity index is 913. The van der Waals surface area contributed by atoms with E-state index < -0.39 is 0 Å².